The summed E-state index contributed by atoms with van der Waals surface area (Å²) in [6.45, 7) is 0. The minimum absolute atomic E-state index is 1.06. The predicted molar refractivity (Wildman–Crippen MR) is 92.4 cm³/mol. The molecule has 0 atom stereocenters. The average Bonchev–Trinajstić information content (AvgIpc) is 2.55. The van der Waals surface area contributed by atoms with E-state index in [2.05, 4.69) is 81.6 Å². The number of hydrogen-bond donors (Lipinski definition) is 0. The third kappa shape index (κ3) is 2.12. The second-order valence-corrected chi connectivity index (χ2v) is 5.97. The minimum atomic E-state index is 1.06. The zero-order valence-electron chi connectivity index (χ0n) is 11.3. The van der Waals surface area contributed by atoms with Crippen LogP contribution in [0.3, 0.4) is 0 Å². The number of pyridine rings is 1. The molecule has 21 heavy (non-hydrogen) atoms. The van der Waals surface area contributed by atoms with Crippen molar-refractivity contribution in [2.24, 2.45) is 0 Å². The minimum Gasteiger partial charge on any atom is -0.256 e. The van der Waals surface area contributed by atoms with E-state index >= 15 is 0 Å². The fourth-order valence-electron chi connectivity index (χ4n) is 2.79. The molecule has 0 aliphatic rings. The van der Waals surface area contributed by atoms with E-state index in [4.69, 9.17) is 0 Å². The normalized spacial score (nSPS) is 11.1. The molecule has 0 saturated carbocycles. The summed E-state index contributed by atoms with van der Waals surface area (Å²) < 4.78 is 1.10. The van der Waals surface area contributed by atoms with Crippen LogP contribution in [0.2, 0.25) is 0 Å². The smallest absolute Gasteiger partial charge is 0.0780 e. The van der Waals surface area contributed by atoms with Gasteiger partial charge in [-0.05, 0) is 40.8 Å². The lowest BCUT2D eigenvalue weighted by Crippen LogP contribution is -1.86. The Hall–Kier alpha value is -2.19. The average molecular weight is 334 g/mol. The van der Waals surface area contributed by atoms with E-state index in [-0.39, 0.29) is 0 Å². The van der Waals surface area contributed by atoms with Crippen molar-refractivity contribution in [1.82, 2.24) is 4.98 Å². The van der Waals surface area contributed by atoms with Crippen molar-refractivity contribution in [3.05, 3.63) is 77.4 Å². The van der Waals surface area contributed by atoms with Gasteiger partial charge in [-0.2, -0.15) is 0 Å². The number of fused-ring (bicyclic) bond motifs is 3. The lowest BCUT2D eigenvalue weighted by Gasteiger charge is -2.10. The second kappa shape index (κ2) is 4.97. The first-order chi connectivity index (χ1) is 10.3. The van der Waals surface area contributed by atoms with Crippen LogP contribution in [0.25, 0.3) is 32.8 Å². The first-order valence-corrected chi connectivity index (χ1v) is 7.65. The third-order valence-corrected chi connectivity index (χ3v) is 4.30. The van der Waals surface area contributed by atoms with Gasteiger partial charge in [0.05, 0.1) is 5.52 Å². The summed E-state index contributed by atoms with van der Waals surface area (Å²) in [6, 6.07) is 23.3. The molecule has 0 N–H and O–H groups in total. The Bertz CT molecular complexity index is 942. The van der Waals surface area contributed by atoms with Crippen LogP contribution in [0, 0.1) is 0 Å². The molecule has 3 aromatic carbocycles. The van der Waals surface area contributed by atoms with Gasteiger partial charge in [0, 0.05) is 21.4 Å². The molecular weight excluding hydrogens is 322 g/mol. The van der Waals surface area contributed by atoms with E-state index in [1.54, 1.807) is 0 Å². The Balaban J connectivity index is 2.13. The van der Waals surface area contributed by atoms with Gasteiger partial charge >= 0.3 is 0 Å². The van der Waals surface area contributed by atoms with Crippen LogP contribution in [0.4, 0.5) is 0 Å². The van der Waals surface area contributed by atoms with Gasteiger partial charge in [-0.15, -0.1) is 0 Å². The zero-order chi connectivity index (χ0) is 14.2. The highest BCUT2D eigenvalue weighted by Gasteiger charge is 2.08. The number of rotatable bonds is 1. The molecule has 0 spiro atoms. The molecule has 1 aromatic heterocycles. The molecule has 0 unspecified atom stereocenters. The maximum atomic E-state index is 4.55. The molecule has 0 amide bonds. The number of nitrogens with zero attached hydrogens (tertiary/aromatic N) is 1. The van der Waals surface area contributed by atoms with Crippen LogP contribution in [0.5, 0.6) is 0 Å². The van der Waals surface area contributed by atoms with Gasteiger partial charge < -0.3 is 0 Å². The van der Waals surface area contributed by atoms with E-state index in [1.165, 1.54) is 27.3 Å². The number of aromatic nitrogens is 1. The van der Waals surface area contributed by atoms with E-state index in [1.807, 2.05) is 12.3 Å². The number of halogens is 1. The zero-order valence-corrected chi connectivity index (χ0v) is 12.8. The maximum absolute atomic E-state index is 4.55. The lowest BCUT2D eigenvalue weighted by atomic mass is 9.95. The highest BCUT2D eigenvalue weighted by molar-refractivity contribution is 9.10. The lowest BCUT2D eigenvalue weighted by molar-refractivity contribution is 1.43. The Morgan fingerprint density at radius 3 is 2.33 bits per heavy atom. The molecule has 0 saturated heterocycles. The topological polar surface area (TPSA) is 12.9 Å². The molecule has 2 heteroatoms. The van der Waals surface area contributed by atoms with Crippen molar-refractivity contribution in [1.29, 1.82) is 0 Å². The summed E-state index contributed by atoms with van der Waals surface area (Å²) in [4.78, 5) is 4.55. The Morgan fingerprint density at radius 1 is 0.762 bits per heavy atom. The molecule has 0 aliphatic carbocycles. The molecule has 0 aliphatic heterocycles. The molecule has 0 radical (unpaired) electrons. The van der Waals surface area contributed by atoms with Crippen molar-refractivity contribution in [3.63, 3.8) is 0 Å². The molecule has 0 fully saturated rings. The molecule has 4 rings (SSSR count). The fraction of sp³-hybridized carbons (Fsp3) is 0. The Labute approximate surface area is 131 Å². The summed E-state index contributed by atoms with van der Waals surface area (Å²) in [5, 5.41) is 3.62. The van der Waals surface area contributed by atoms with Crippen LogP contribution in [-0.2, 0) is 0 Å². The van der Waals surface area contributed by atoms with Crippen molar-refractivity contribution in [3.8, 4) is 11.1 Å². The third-order valence-electron chi connectivity index (χ3n) is 3.77. The van der Waals surface area contributed by atoms with Crippen LogP contribution in [0.1, 0.15) is 0 Å². The van der Waals surface area contributed by atoms with Crippen LogP contribution < -0.4 is 0 Å². The Morgan fingerprint density at radius 2 is 1.52 bits per heavy atom. The molecule has 1 nitrogen and oxygen atoms in total. The molecule has 100 valence electrons. The number of benzene rings is 3. The van der Waals surface area contributed by atoms with E-state index in [9.17, 15) is 0 Å². The summed E-state index contributed by atoms with van der Waals surface area (Å²) in [7, 11) is 0. The first-order valence-electron chi connectivity index (χ1n) is 6.85. The summed E-state index contributed by atoms with van der Waals surface area (Å²) >= 11 is 3.50. The van der Waals surface area contributed by atoms with Crippen molar-refractivity contribution in [2.45, 2.75) is 0 Å². The van der Waals surface area contributed by atoms with E-state index in [0.717, 1.165) is 9.99 Å². The van der Waals surface area contributed by atoms with Gasteiger partial charge in [0.1, 0.15) is 0 Å². The molecule has 1 heterocycles. The summed E-state index contributed by atoms with van der Waals surface area (Å²) in [5.41, 5.74) is 3.53. The maximum Gasteiger partial charge on any atom is 0.0780 e. The largest absolute Gasteiger partial charge is 0.256 e. The molecule has 4 aromatic rings. The standard InChI is InChI=1S/C19H12BrN/c20-15-9-7-13(8-10-15)18-12-14-4-3-11-21-19(14)17-6-2-1-5-16(17)18/h1-12H. The van der Waals surface area contributed by atoms with Gasteiger partial charge in [0.25, 0.3) is 0 Å². The predicted octanol–water partition coefficient (Wildman–Crippen LogP) is 5.82. The van der Waals surface area contributed by atoms with Gasteiger partial charge in [0.2, 0.25) is 0 Å². The summed E-state index contributed by atoms with van der Waals surface area (Å²) in [6.07, 6.45) is 1.86. The van der Waals surface area contributed by atoms with Gasteiger partial charge in [0.15, 0.2) is 0 Å². The van der Waals surface area contributed by atoms with Gasteiger partial charge in [-0.1, -0.05) is 58.4 Å². The van der Waals surface area contributed by atoms with Gasteiger partial charge in [-0.3, -0.25) is 4.98 Å². The monoisotopic (exact) mass is 333 g/mol. The molecule has 0 bridgehead atoms. The van der Waals surface area contributed by atoms with Crippen LogP contribution in [-0.4, -0.2) is 4.98 Å². The van der Waals surface area contributed by atoms with Crippen LogP contribution >= 0.6 is 15.9 Å². The second-order valence-electron chi connectivity index (χ2n) is 5.05. The fourth-order valence-corrected chi connectivity index (χ4v) is 3.05. The van der Waals surface area contributed by atoms with Crippen molar-refractivity contribution >= 4 is 37.6 Å². The highest BCUT2D eigenvalue weighted by atomic mass is 79.9. The molecular formula is C19H12BrN. The quantitative estimate of drug-likeness (QED) is 0.400. The van der Waals surface area contributed by atoms with Crippen LogP contribution in [0.15, 0.2) is 77.4 Å². The van der Waals surface area contributed by atoms with Crippen molar-refractivity contribution < 1.29 is 0 Å². The van der Waals surface area contributed by atoms with Crippen molar-refractivity contribution in [2.75, 3.05) is 0 Å². The van der Waals surface area contributed by atoms with Gasteiger partial charge in [-0.25, -0.2) is 0 Å². The number of hydrogen-bond acceptors (Lipinski definition) is 1. The SMILES string of the molecule is Brc1ccc(-c2cc3cccnc3c3ccccc23)cc1. The van der Waals surface area contributed by atoms with E-state index in [0.29, 0.717) is 0 Å². The highest BCUT2D eigenvalue weighted by Crippen LogP contribution is 2.34. The first kappa shape index (κ1) is 12.5. The van der Waals surface area contributed by atoms with E-state index < -0.39 is 0 Å². The Kier molecular flexibility index (Phi) is 2.97. The summed E-state index contributed by atoms with van der Waals surface area (Å²) in [5.74, 6) is 0.